The molecule has 0 aliphatic heterocycles. The van der Waals surface area contributed by atoms with Crippen LogP contribution in [0.25, 0.3) is 0 Å². The van der Waals surface area contributed by atoms with Crippen molar-refractivity contribution >= 4 is 19.0 Å². The van der Waals surface area contributed by atoms with Crippen LogP contribution >= 0.6 is 12.6 Å². The fourth-order valence-corrected chi connectivity index (χ4v) is 0.112. The van der Waals surface area contributed by atoms with E-state index in [9.17, 15) is 4.79 Å². The van der Waals surface area contributed by atoms with Crippen LogP contribution in [0, 0.1) is 0 Å². The van der Waals surface area contributed by atoms with E-state index in [0.717, 1.165) is 0 Å². The van der Waals surface area contributed by atoms with Crippen molar-refractivity contribution in [2.24, 2.45) is 0 Å². The van der Waals surface area contributed by atoms with Crippen molar-refractivity contribution in [1.29, 1.82) is 0 Å². The smallest absolute Gasteiger partial charge is 0.207 e. The first-order chi connectivity index (χ1) is 2.41. The summed E-state index contributed by atoms with van der Waals surface area (Å²) in [6.45, 7) is 0. The number of amides is 1. The van der Waals surface area contributed by atoms with E-state index in [2.05, 4.69) is 17.9 Å². The van der Waals surface area contributed by atoms with E-state index >= 15 is 0 Å². The molecule has 0 radical (unpaired) electrons. The number of hydrogen-bond acceptors (Lipinski definition) is 2. The molecule has 2 nitrogen and oxygen atoms in total. The summed E-state index contributed by atoms with van der Waals surface area (Å²) < 4.78 is 0. The second kappa shape index (κ2) is 3.82. The van der Waals surface area contributed by atoms with Gasteiger partial charge in [0.15, 0.2) is 0 Å². The van der Waals surface area contributed by atoms with Gasteiger partial charge in [-0.1, -0.05) is 0 Å². The van der Waals surface area contributed by atoms with Crippen LogP contribution < -0.4 is 5.32 Å². The summed E-state index contributed by atoms with van der Waals surface area (Å²) in [5.41, 5.74) is 0. The van der Waals surface area contributed by atoms with Gasteiger partial charge < -0.3 is 5.32 Å². The van der Waals surface area contributed by atoms with Crippen LogP contribution in [0.2, 0.25) is 0 Å². The molecule has 1 N–H and O–H groups in total. The molecule has 0 rings (SSSR count). The quantitative estimate of drug-likeness (QED) is 0.271. The molecule has 3 heteroatoms. The lowest BCUT2D eigenvalue weighted by Gasteiger charge is -1.78. The van der Waals surface area contributed by atoms with Crippen LogP contribution in [0.15, 0.2) is 0 Å². The molecule has 0 aromatic rings. The highest BCUT2D eigenvalue weighted by atomic mass is 32.1. The van der Waals surface area contributed by atoms with Crippen molar-refractivity contribution in [3.05, 3.63) is 0 Å². The summed E-state index contributed by atoms with van der Waals surface area (Å²) >= 11 is 3.66. The maximum atomic E-state index is 9.24. The van der Waals surface area contributed by atoms with Crippen LogP contribution in [-0.4, -0.2) is 12.3 Å². The average molecular weight is 91.1 g/mol. The van der Waals surface area contributed by atoms with Gasteiger partial charge in [0.05, 0.1) is 5.88 Å². The molecule has 0 aromatic heterocycles. The van der Waals surface area contributed by atoms with Gasteiger partial charge in [-0.25, -0.2) is 0 Å². The number of nitrogens with one attached hydrogen (secondary N) is 1. The Hall–Kier alpha value is -0.180. The highest BCUT2D eigenvalue weighted by molar-refractivity contribution is 7.80. The van der Waals surface area contributed by atoms with Crippen molar-refractivity contribution in [2.75, 3.05) is 5.88 Å². The van der Waals surface area contributed by atoms with Crippen LogP contribution in [0.3, 0.4) is 0 Å². The SMILES string of the molecule is O=CNCS. The lowest BCUT2D eigenvalue weighted by Crippen LogP contribution is -2.05. The molecular weight excluding hydrogens is 86.1 g/mol. The number of carbonyl (C=O) groups excluding carboxylic acids is 1. The van der Waals surface area contributed by atoms with E-state index in [-0.39, 0.29) is 0 Å². The van der Waals surface area contributed by atoms with Gasteiger partial charge in [-0.2, -0.15) is 12.6 Å². The van der Waals surface area contributed by atoms with Gasteiger partial charge in [0.2, 0.25) is 6.41 Å². The van der Waals surface area contributed by atoms with Crippen molar-refractivity contribution < 1.29 is 4.79 Å². The largest absolute Gasteiger partial charge is 0.350 e. The fourth-order valence-electron chi connectivity index (χ4n) is 0.0373. The number of thiol groups is 1. The summed E-state index contributed by atoms with van der Waals surface area (Å²) in [6.07, 6.45) is 0.604. The topological polar surface area (TPSA) is 29.1 Å². The maximum absolute atomic E-state index is 9.24. The first-order valence-corrected chi connectivity index (χ1v) is 1.83. The number of rotatable bonds is 2. The Morgan fingerprint density at radius 3 is 2.60 bits per heavy atom. The van der Waals surface area contributed by atoms with E-state index in [0.29, 0.717) is 12.3 Å². The first-order valence-electron chi connectivity index (χ1n) is 1.19. The lowest BCUT2D eigenvalue weighted by molar-refractivity contribution is -0.109. The molecule has 0 heterocycles. The Kier molecular flexibility index (Phi) is 3.68. The molecule has 5 heavy (non-hydrogen) atoms. The Labute approximate surface area is 36.0 Å². The summed E-state index contributed by atoms with van der Waals surface area (Å²) in [5, 5.41) is 2.29. The van der Waals surface area contributed by atoms with Gasteiger partial charge in [0.25, 0.3) is 0 Å². The summed E-state index contributed by atoms with van der Waals surface area (Å²) in [7, 11) is 0. The zero-order valence-corrected chi connectivity index (χ0v) is 3.53. The zero-order chi connectivity index (χ0) is 4.12. The third-order valence-electron chi connectivity index (χ3n) is 0.175. The van der Waals surface area contributed by atoms with E-state index in [1.165, 1.54) is 0 Å². The molecule has 0 saturated carbocycles. The number of carbonyl (C=O) groups is 1. The van der Waals surface area contributed by atoms with Crippen LogP contribution in [0.4, 0.5) is 0 Å². The normalized spacial score (nSPS) is 6.60. The lowest BCUT2D eigenvalue weighted by atomic mass is 11.2. The maximum Gasteiger partial charge on any atom is 0.207 e. The van der Waals surface area contributed by atoms with Crippen molar-refractivity contribution in [2.45, 2.75) is 0 Å². The van der Waals surface area contributed by atoms with Crippen molar-refractivity contribution in [1.82, 2.24) is 5.32 Å². The Balaban J connectivity index is 2.40. The molecule has 0 aromatic carbocycles. The van der Waals surface area contributed by atoms with E-state index < -0.39 is 0 Å². The minimum atomic E-state index is 0.420. The zero-order valence-electron chi connectivity index (χ0n) is 2.64. The third kappa shape index (κ3) is 3.82. The van der Waals surface area contributed by atoms with Gasteiger partial charge in [-0.15, -0.1) is 0 Å². The Morgan fingerprint density at radius 2 is 2.60 bits per heavy atom. The van der Waals surface area contributed by atoms with Crippen LogP contribution in [0.1, 0.15) is 0 Å². The van der Waals surface area contributed by atoms with Crippen LogP contribution in [0.5, 0.6) is 0 Å². The minimum Gasteiger partial charge on any atom is -0.350 e. The Morgan fingerprint density at radius 1 is 2.00 bits per heavy atom. The second-order valence-electron chi connectivity index (χ2n) is 0.480. The molecule has 30 valence electrons. The standard InChI is InChI=1S/C2H5NOS/c4-1-3-2-5/h1,5H,2H2,(H,3,4). The van der Waals surface area contributed by atoms with Crippen molar-refractivity contribution in [3.63, 3.8) is 0 Å². The summed E-state index contributed by atoms with van der Waals surface area (Å²) in [5.74, 6) is 0.420. The highest BCUT2D eigenvalue weighted by Gasteiger charge is 1.59. The van der Waals surface area contributed by atoms with E-state index in [1.807, 2.05) is 0 Å². The highest BCUT2D eigenvalue weighted by Crippen LogP contribution is 1.54. The molecule has 0 fully saturated rings. The van der Waals surface area contributed by atoms with Crippen molar-refractivity contribution in [3.8, 4) is 0 Å². The monoisotopic (exact) mass is 91.0 g/mol. The molecular formula is C2H5NOS. The van der Waals surface area contributed by atoms with Gasteiger partial charge in [-0.3, -0.25) is 4.79 Å². The third-order valence-corrected chi connectivity index (χ3v) is 0.357. The predicted molar refractivity (Wildman–Crippen MR) is 23.1 cm³/mol. The molecule has 0 aliphatic carbocycles. The number of hydrogen-bond donors (Lipinski definition) is 2. The van der Waals surface area contributed by atoms with E-state index in [4.69, 9.17) is 0 Å². The predicted octanol–water partition coefficient (Wildman–Crippen LogP) is -0.380. The average Bonchev–Trinajstić information content (AvgIpc) is 1.41. The molecule has 0 atom stereocenters. The van der Waals surface area contributed by atoms with Crippen LogP contribution in [-0.2, 0) is 4.79 Å². The molecule has 1 amide bonds. The summed E-state index contributed by atoms with van der Waals surface area (Å²) in [6, 6.07) is 0. The molecule has 0 unspecified atom stereocenters. The van der Waals surface area contributed by atoms with Gasteiger partial charge in [0.1, 0.15) is 0 Å². The molecule has 0 aliphatic rings. The van der Waals surface area contributed by atoms with Gasteiger partial charge in [-0.05, 0) is 0 Å². The van der Waals surface area contributed by atoms with Gasteiger partial charge >= 0.3 is 0 Å². The summed E-state index contributed by atoms with van der Waals surface area (Å²) in [4.78, 5) is 9.24. The fraction of sp³-hybridized carbons (Fsp3) is 0.500. The van der Waals surface area contributed by atoms with E-state index in [1.54, 1.807) is 0 Å². The minimum absolute atomic E-state index is 0.420. The first kappa shape index (κ1) is 4.82. The Bertz CT molecular complexity index is 30.8. The molecule has 0 spiro atoms. The second-order valence-corrected chi connectivity index (χ2v) is 0.796. The molecule has 0 saturated heterocycles. The molecule has 0 bridgehead atoms. The van der Waals surface area contributed by atoms with Gasteiger partial charge in [0, 0.05) is 0 Å².